The molecule has 2 aromatic rings. The zero-order valence-corrected chi connectivity index (χ0v) is 14.4. The molecule has 0 fully saturated rings. The zero-order valence-electron chi connectivity index (χ0n) is 13.6. The fourth-order valence-corrected chi connectivity index (χ4v) is 3.25. The minimum atomic E-state index is 0. The predicted octanol–water partition coefficient (Wildman–Crippen LogP) is 2.41. The number of anilines is 1. The molecule has 0 bridgehead atoms. The minimum absolute atomic E-state index is 0. The van der Waals surface area contributed by atoms with E-state index in [-0.39, 0.29) is 12.4 Å². The largest absolute Gasteiger partial charge is 0.352 e. The monoisotopic (exact) mass is 343 g/mol. The van der Waals surface area contributed by atoms with Gasteiger partial charge < -0.3 is 10.2 Å². The van der Waals surface area contributed by atoms with Gasteiger partial charge in [0.1, 0.15) is 5.82 Å². The molecule has 2 aliphatic rings. The number of pyridine rings is 1. The van der Waals surface area contributed by atoms with Crippen molar-refractivity contribution in [3.8, 4) is 11.4 Å². The lowest BCUT2D eigenvalue weighted by Crippen LogP contribution is -2.29. The van der Waals surface area contributed by atoms with Gasteiger partial charge in [0.25, 0.3) is 0 Å². The summed E-state index contributed by atoms with van der Waals surface area (Å²) in [6.07, 6.45) is 11.1. The number of nitrogens with one attached hydrogen (secondary N) is 1. The molecule has 0 aliphatic carbocycles. The van der Waals surface area contributed by atoms with E-state index in [9.17, 15) is 0 Å². The second-order valence-electron chi connectivity index (χ2n) is 5.99. The highest BCUT2D eigenvalue weighted by atomic mass is 35.5. The van der Waals surface area contributed by atoms with Crippen molar-refractivity contribution < 1.29 is 0 Å². The van der Waals surface area contributed by atoms with Gasteiger partial charge in [-0.25, -0.2) is 9.97 Å². The maximum Gasteiger partial charge on any atom is 0.161 e. The molecule has 0 unspecified atom stereocenters. The summed E-state index contributed by atoms with van der Waals surface area (Å²) in [4.78, 5) is 16.3. The molecule has 2 aliphatic heterocycles. The van der Waals surface area contributed by atoms with Gasteiger partial charge in [-0.3, -0.25) is 4.98 Å². The Kier molecular flexibility index (Phi) is 5.43. The molecule has 24 heavy (non-hydrogen) atoms. The fraction of sp³-hybridized carbons (Fsp3) is 0.389. The molecule has 0 spiro atoms. The van der Waals surface area contributed by atoms with Crippen LogP contribution in [0.3, 0.4) is 0 Å². The fourth-order valence-electron chi connectivity index (χ4n) is 3.25. The van der Waals surface area contributed by atoms with E-state index in [2.05, 4.69) is 27.4 Å². The maximum absolute atomic E-state index is 4.95. The Labute approximate surface area is 148 Å². The molecular formula is C18H22ClN5. The lowest BCUT2D eigenvalue weighted by Gasteiger charge is -2.27. The van der Waals surface area contributed by atoms with Crippen molar-refractivity contribution in [2.75, 3.05) is 31.1 Å². The molecule has 0 radical (unpaired) electrons. The second-order valence-corrected chi connectivity index (χ2v) is 5.99. The third kappa shape index (κ3) is 3.42. The summed E-state index contributed by atoms with van der Waals surface area (Å²) >= 11 is 0. The summed E-state index contributed by atoms with van der Waals surface area (Å²) < 4.78 is 0. The minimum Gasteiger partial charge on any atom is -0.352 e. The first-order valence-corrected chi connectivity index (χ1v) is 8.32. The van der Waals surface area contributed by atoms with Gasteiger partial charge in [-0.2, -0.15) is 0 Å². The first-order valence-electron chi connectivity index (χ1n) is 8.32. The summed E-state index contributed by atoms with van der Waals surface area (Å²) in [7, 11) is 0. The quantitative estimate of drug-likeness (QED) is 0.849. The summed E-state index contributed by atoms with van der Waals surface area (Å²) in [5, 5.41) is 3.47. The van der Waals surface area contributed by atoms with Crippen molar-refractivity contribution >= 4 is 18.2 Å². The van der Waals surface area contributed by atoms with Gasteiger partial charge in [0.15, 0.2) is 5.82 Å². The van der Waals surface area contributed by atoms with Crippen LogP contribution in [-0.2, 0) is 12.8 Å². The number of halogens is 1. The maximum atomic E-state index is 4.95. The molecule has 6 heteroatoms. The van der Waals surface area contributed by atoms with Crippen molar-refractivity contribution in [1.82, 2.24) is 20.3 Å². The van der Waals surface area contributed by atoms with Crippen molar-refractivity contribution in [2.24, 2.45) is 0 Å². The van der Waals surface area contributed by atoms with Gasteiger partial charge >= 0.3 is 0 Å². The van der Waals surface area contributed by atoms with E-state index in [0.717, 1.165) is 62.6 Å². The van der Waals surface area contributed by atoms with Crippen molar-refractivity contribution in [1.29, 1.82) is 0 Å². The Bertz CT molecular complexity index is 717. The SMILES string of the molecule is C1=CCN(c2nc(-c3ccncc3)nc3c2CCNCC3)CC1.Cl. The first-order chi connectivity index (χ1) is 11.4. The number of rotatable bonds is 2. The van der Waals surface area contributed by atoms with Crippen LogP contribution in [0, 0.1) is 0 Å². The highest BCUT2D eigenvalue weighted by molar-refractivity contribution is 5.85. The smallest absolute Gasteiger partial charge is 0.161 e. The number of nitrogens with zero attached hydrogens (tertiary/aromatic N) is 4. The van der Waals surface area contributed by atoms with Gasteiger partial charge in [0, 0.05) is 49.6 Å². The Hall–Kier alpha value is -1.98. The summed E-state index contributed by atoms with van der Waals surface area (Å²) in [6, 6.07) is 3.97. The third-order valence-electron chi connectivity index (χ3n) is 4.46. The van der Waals surface area contributed by atoms with Crippen LogP contribution in [0.5, 0.6) is 0 Å². The van der Waals surface area contributed by atoms with E-state index < -0.39 is 0 Å². The van der Waals surface area contributed by atoms with Crippen LogP contribution < -0.4 is 10.2 Å². The Balaban J connectivity index is 0.00000169. The highest BCUT2D eigenvalue weighted by Crippen LogP contribution is 2.27. The van der Waals surface area contributed by atoms with Crippen LogP contribution >= 0.6 is 12.4 Å². The molecule has 1 N–H and O–H groups in total. The molecule has 0 saturated heterocycles. The molecule has 0 amide bonds. The van der Waals surface area contributed by atoms with Gasteiger partial charge in [-0.05, 0) is 31.5 Å². The van der Waals surface area contributed by atoms with E-state index in [0.29, 0.717) is 0 Å². The van der Waals surface area contributed by atoms with E-state index in [1.54, 1.807) is 12.4 Å². The van der Waals surface area contributed by atoms with Crippen LogP contribution in [0.15, 0.2) is 36.7 Å². The van der Waals surface area contributed by atoms with Crippen molar-refractivity contribution in [2.45, 2.75) is 19.3 Å². The number of hydrogen-bond acceptors (Lipinski definition) is 5. The van der Waals surface area contributed by atoms with Crippen LogP contribution in [0.4, 0.5) is 5.82 Å². The van der Waals surface area contributed by atoms with Gasteiger partial charge in [-0.1, -0.05) is 12.2 Å². The van der Waals surface area contributed by atoms with Crippen LogP contribution in [0.1, 0.15) is 17.7 Å². The lowest BCUT2D eigenvalue weighted by atomic mass is 10.1. The lowest BCUT2D eigenvalue weighted by molar-refractivity contribution is 0.707. The topological polar surface area (TPSA) is 53.9 Å². The Morgan fingerprint density at radius 3 is 2.62 bits per heavy atom. The molecular weight excluding hydrogens is 322 g/mol. The zero-order chi connectivity index (χ0) is 15.5. The predicted molar refractivity (Wildman–Crippen MR) is 98.8 cm³/mol. The molecule has 4 heterocycles. The Morgan fingerprint density at radius 2 is 1.83 bits per heavy atom. The van der Waals surface area contributed by atoms with Gasteiger partial charge in [0.05, 0.1) is 5.69 Å². The average molecular weight is 344 g/mol. The van der Waals surface area contributed by atoms with Gasteiger partial charge in [0.2, 0.25) is 0 Å². The van der Waals surface area contributed by atoms with Crippen LogP contribution in [0.25, 0.3) is 11.4 Å². The molecule has 0 atom stereocenters. The molecule has 5 nitrogen and oxygen atoms in total. The third-order valence-corrected chi connectivity index (χ3v) is 4.46. The Morgan fingerprint density at radius 1 is 1.00 bits per heavy atom. The van der Waals surface area contributed by atoms with E-state index in [1.807, 2.05) is 12.1 Å². The average Bonchev–Trinajstić information content (AvgIpc) is 2.88. The number of hydrogen-bond donors (Lipinski definition) is 1. The van der Waals surface area contributed by atoms with Crippen LogP contribution in [0.2, 0.25) is 0 Å². The van der Waals surface area contributed by atoms with Crippen LogP contribution in [-0.4, -0.2) is 41.1 Å². The standard InChI is InChI=1S/C18H21N5.ClH/c1-2-12-23(13-3-1)18-15-6-10-20-11-7-16(15)21-17(22-18)14-4-8-19-9-5-14;/h1-2,4-5,8-9,20H,3,6-7,10-13H2;1H. The van der Waals surface area contributed by atoms with Gasteiger partial charge in [-0.15, -0.1) is 12.4 Å². The van der Waals surface area contributed by atoms with E-state index in [4.69, 9.17) is 9.97 Å². The normalized spacial score (nSPS) is 16.9. The molecule has 126 valence electrons. The van der Waals surface area contributed by atoms with E-state index >= 15 is 0 Å². The molecule has 0 saturated carbocycles. The highest BCUT2D eigenvalue weighted by Gasteiger charge is 2.21. The molecule has 4 rings (SSSR count). The number of aromatic nitrogens is 3. The molecule has 0 aromatic carbocycles. The van der Waals surface area contributed by atoms with Crippen molar-refractivity contribution in [3.05, 3.63) is 47.9 Å². The summed E-state index contributed by atoms with van der Waals surface area (Å²) in [6.45, 7) is 3.95. The number of fused-ring (bicyclic) bond motifs is 1. The summed E-state index contributed by atoms with van der Waals surface area (Å²) in [5.41, 5.74) is 3.55. The summed E-state index contributed by atoms with van der Waals surface area (Å²) in [5.74, 6) is 1.94. The van der Waals surface area contributed by atoms with Crippen molar-refractivity contribution in [3.63, 3.8) is 0 Å². The second kappa shape index (κ2) is 7.73. The molecule has 2 aromatic heterocycles. The first kappa shape index (κ1) is 16.9. The van der Waals surface area contributed by atoms with E-state index in [1.165, 1.54) is 11.3 Å².